The highest BCUT2D eigenvalue weighted by Crippen LogP contribution is 2.32. The van der Waals surface area contributed by atoms with Crippen molar-refractivity contribution in [2.75, 3.05) is 12.3 Å². The van der Waals surface area contributed by atoms with Crippen LogP contribution in [0.3, 0.4) is 0 Å². The summed E-state index contributed by atoms with van der Waals surface area (Å²) in [5, 5.41) is 11.7. The molecule has 6 heteroatoms. The Balaban J connectivity index is 1.98. The third kappa shape index (κ3) is 2.76. The number of rotatable bonds is 3. The van der Waals surface area contributed by atoms with E-state index in [1.54, 1.807) is 6.07 Å². The van der Waals surface area contributed by atoms with Crippen LogP contribution in [-0.4, -0.2) is 23.9 Å². The third-order valence-corrected chi connectivity index (χ3v) is 3.18. The first-order valence-electron chi connectivity index (χ1n) is 5.74. The van der Waals surface area contributed by atoms with E-state index in [1.165, 1.54) is 0 Å². The number of fused-ring (bicyclic) bond motifs is 1. The highest BCUT2D eigenvalue weighted by Gasteiger charge is 2.38. The average Bonchev–Trinajstić information content (AvgIpc) is 2.66. The monoisotopic (exact) mass is 260 g/mol. The predicted octanol–water partition coefficient (Wildman–Crippen LogP) is 1.77. The van der Waals surface area contributed by atoms with Crippen LogP contribution in [0.15, 0.2) is 18.2 Å². The molecule has 1 aliphatic carbocycles. The van der Waals surface area contributed by atoms with Gasteiger partial charge in [0.1, 0.15) is 0 Å². The van der Waals surface area contributed by atoms with E-state index in [-0.39, 0.29) is 6.04 Å². The number of nitrogen functional groups attached to an aromatic ring is 1. The first-order valence-corrected chi connectivity index (χ1v) is 5.74. The molecule has 1 aliphatic rings. The SMILES string of the molecule is Nc1ccc2c(c1)CCC2NCC(O)C(F)(F)F. The molecule has 18 heavy (non-hydrogen) atoms. The molecule has 1 aromatic carbocycles. The highest BCUT2D eigenvalue weighted by molar-refractivity contribution is 5.47. The van der Waals surface area contributed by atoms with Crippen molar-refractivity contribution in [3.63, 3.8) is 0 Å². The molecular weight excluding hydrogens is 245 g/mol. The quantitative estimate of drug-likeness (QED) is 0.726. The number of nitrogens with two attached hydrogens (primary N) is 1. The van der Waals surface area contributed by atoms with E-state index in [4.69, 9.17) is 10.8 Å². The second-order valence-corrected chi connectivity index (χ2v) is 4.52. The maximum Gasteiger partial charge on any atom is 0.415 e. The van der Waals surface area contributed by atoms with Gasteiger partial charge in [0.15, 0.2) is 6.10 Å². The Hall–Kier alpha value is -1.27. The van der Waals surface area contributed by atoms with E-state index in [0.29, 0.717) is 5.69 Å². The summed E-state index contributed by atoms with van der Waals surface area (Å²) in [6.07, 6.45) is -5.38. The first kappa shape index (κ1) is 13.2. The zero-order chi connectivity index (χ0) is 13.3. The maximum atomic E-state index is 12.2. The number of benzene rings is 1. The van der Waals surface area contributed by atoms with Gasteiger partial charge in [0.05, 0.1) is 0 Å². The van der Waals surface area contributed by atoms with E-state index in [2.05, 4.69) is 5.32 Å². The lowest BCUT2D eigenvalue weighted by atomic mass is 10.1. The van der Waals surface area contributed by atoms with E-state index in [1.807, 2.05) is 12.1 Å². The number of aliphatic hydroxyl groups is 1. The molecule has 0 spiro atoms. The Bertz CT molecular complexity index is 434. The van der Waals surface area contributed by atoms with Crippen LogP contribution in [0.2, 0.25) is 0 Å². The lowest BCUT2D eigenvalue weighted by Crippen LogP contribution is -2.39. The summed E-state index contributed by atoms with van der Waals surface area (Å²) in [5.74, 6) is 0. The average molecular weight is 260 g/mol. The molecule has 4 N–H and O–H groups in total. The number of aliphatic hydroxyl groups excluding tert-OH is 1. The molecule has 0 amide bonds. The molecule has 0 fully saturated rings. The van der Waals surface area contributed by atoms with Gasteiger partial charge in [0.25, 0.3) is 0 Å². The predicted molar refractivity (Wildman–Crippen MR) is 62.0 cm³/mol. The topological polar surface area (TPSA) is 58.3 Å². The zero-order valence-corrected chi connectivity index (χ0v) is 9.67. The second-order valence-electron chi connectivity index (χ2n) is 4.52. The van der Waals surface area contributed by atoms with Crippen molar-refractivity contribution in [3.8, 4) is 0 Å². The lowest BCUT2D eigenvalue weighted by molar-refractivity contribution is -0.202. The molecule has 100 valence electrons. The minimum atomic E-state index is -4.57. The molecule has 2 rings (SSSR count). The van der Waals surface area contributed by atoms with Gasteiger partial charge in [-0.1, -0.05) is 6.07 Å². The number of aryl methyl sites for hydroxylation is 1. The Kier molecular flexibility index (Phi) is 3.49. The van der Waals surface area contributed by atoms with E-state index < -0.39 is 18.8 Å². The highest BCUT2D eigenvalue weighted by atomic mass is 19.4. The van der Waals surface area contributed by atoms with Crippen molar-refractivity contribution < 1.29 is 18.3 Å². The fourth-order valence-corrected chi connectivity index (χ4v) is 2.22. The van der Waals surface area contributed by atoms with Crippen molar-refractivity contribution in [3.05, 3.63) is 29.3 Å². The van der Waals surface area contributed by atoms with Crippen molar-refractivity contribution in [1.29, 1.82) is 0 Å². The number of halogens is 3. The van der Waals surface area contributed by atoms with Crippen molar-refractivity contribution in [2.45, 2.75) is 31.2 Å². The van der Waals surface area contributed by atoms with Crippen LogP contribution in [0.4, 0.5) is 18.9 Å². The summed E-state index contributed by atoms with van der Waals surface area (Å²) in [7, 11) is 0. The first-order chi connectivity index (χ1) is 8.38. The molecular formula is C12H15F3N2O. The number of hydrogen-bond acceptors (Lipinski definition) is 3. The Morgan fingerprint density at radius 2 is 2.17 bits per heavy atom. The standard InChI is InChI=1S/C12H15F3N2O/c13-12(14,15)11(18)6-17-10-4-1-7-5-8(16)2-3-9(7)10/h2-3,5,10-11,17-18H,1,4,6,16H2. The van der Waals surface area contributed by atoms with Crippen LogP contribution >= 0.6 is 0 Å². The largest absolute Gasteiger partial charge is 0.415 e. The fourth-order valence-electron chi connectivity index (χ4n) is 2.22. The van der Waals surface area contributed by atoms with Crippen LogP contribution in [0.25, 0.3) is 0 Å². The minimum absolute atomic E-state index is 0.141. The van der Waals surface area contributed by atoms with Crippen molar-refractivity contribution in [2.24, 2.45) is 0 Å². The van der Waals surface area contributed by atoms with Crippen LogP contribution in [0.1, 0.15) is 23.6 Å². The van der Waals surface area contributed by atoms with Crippen LogP contribution < -0.4 is 11.1 Å². The summed E-state index contributed by atoms with van der Waals surface area (Å²) in [4.78, 5) is 0. The summed E-state index contributed by atoms with van der Waals surface area (Å²) >= 11 is 0. The van der Waals surface area contributed by atoms with Gasteiger partial charge in [0.2, 0.25) is 0 Å². The smallest absolute Gasteiger partial charge is 0.399 e. The Morgan fingerprint density at radius 3 is 2.83 bits per heavy atom. The van der Waals surface area contributed by atoms with Crippen LogP contribution in [-0.2, 0) is 6.42 Å². The van der Waals surface area contributed by atoms with Crippen LogP contribution in [0.5, 0.6) is 0 Å². The fraction of sp³-hybridized carbons (Fsp3) is 0.500. The lowest BCUT2D eigenvalue weighted by Gasteiger charge is -2.19. The summed E-state index contributed by atoms with van der Waals surface area (Å²) in [6, 6.07) is 5.27. The molecule has 2 atom stereocenters. The van der Waals surface area contributed by atoms with Gasteiger partial charge < -0.3 is 16.2 Å². The normalized spacial score (nSPS) is 20.8. The molecule has 0 radical (unpaired) electrons. The molecule has 0 saturated heterocycles. The number of hydrogen-bond donors (Lipinski definition) is 3. The Morgan fingerprint density at radius 1 is 1.44 bits per heavy atom. The van der Waals surface area contributed by atoms with Crippen molar-refractivity contribution >= 4 is 5.69 Å². The van der Waals surface area contributed by atoms with Crippen LogP contribution in [0, 0.1) is 0 Å². The molecule has 2 unspecified atom stereocenters. The van der Waals surface area contributed by atoms with Gasteiger partial charge >= 0.3 is 6.18 Å². The van der Waals surface area contributed by atoms with Gasteiger partial charge in [-0.15, -0.1) is 0 Å². The van der Waals surface area contributed by atoms with Gasteiger partial charge in [-0.2, -0.15) is 13.2 Å². The molecule has 0 aromatic heterocycles. The number of nitrogens with one attached hydrogen (secondary N) is 1. The summed E-state index contributed by atoms with van der Waals surface area (Å²) in [6.45, 7) is -0.488. The molecule has 0 aliphatic heterocycles. The summed E-state index contributed by atoms with van der Waals surface area (Å²) < 4.78 is 36.5. The second kappa shape index (κ2) is 4.78. The zero-order valence-electron chi connectivity index (χ0n) is 9.67. The number of anilines is 1. The van der Waals surface area contributed by atoms with E-state index in [0.717, 1.165) is 24.0 Å². The maximum absolute atomic E-state index is 12.2. The molecule has 0 bridgehead atoms. The van der Waals surface area contributed by atoms with Gasteiger partial charge in [-0.05, 0) is 36.1 Å². The third-order valence-electron chi connectivity index (χ3n) is 3.18. The molecule has 0 heterocycles. The van der Waals surface area contributed by atoms with E-state index >= 15 is 0 Å². The Labute approximate surface area is 103 Å². The minimum Gasteiger partial charge on any atom is -0.399 e. The molecule has 0 saturated carbocycles. The van der Waals surface area contributed by atoms with Crippen molar-refractivity contribution in [1.82, 2.24) is 5.32 Å². The summed E-state index contributed by atoms with van der Waals surface area (Å²) in [5.41, 5.74) is 8.34. The van der Waals surface area contributed by atoms with Gasteiger partial charge in [-0.25, -0.2) is 0 Å². The van der Waals surface area contributed by atoms with Gasteiger partial charge in [0, 0.05) is 18.3 Å². The molecule has 3 nitrogen and oxygen atoms in total. The van der Waals surface area contributed by atoms with E-state index in [9.17, 15) is 13.2 Å². The number of alkyl halides is 3. The molecule has 1 aromatic rings. The van der Waals surface area contributed by atoms with Gasteiger partial charge in [-0.3, -0.25) is 0 Å².